The van der Waals surface area contributed by atoms with Gasteiger partial charge in [-0.15, -0.1) is 0 Å². The van der Waals surface area contributed by atoms with Crippen molar-refractivity contribution in [1.29, 1.82) is 0 Å². The minimum atomic E-state index is -4.12. The number of para-hydroxylation sites is 1. The van der Waals surface area contributed by atoms with Crippen LogP contribution in [0.15, 0.2) is 30.4 Å². The van der Waals surface area contributed by atoms with Gasteiger partial charge in [0.25, 0.3) is 6.01 Å². The fraction of sp³-hybridized carbons (Fsp3) is 0.649. The van der Waals surface area contributed by atoms with E-state index in [1.54, 1.807) is 20.8 Å². The number of benzene rings is 1. The monoisotopic (exact) mass is 742 g/mol. The fourth-order valence-electron chi connectivity index (χ4n) is 7.22. The fourth-order valence-corrected chi connectivity index (χ4v) is 7.84. The van der Waals surface area contributed by atoms with E-state index in [4.69, 9.17) is 14.5 Å². The topological polar surface area (TPSA) is 169 Å². The summed E-state index contributed by atoms with van der Waals surface area (Å²) < 4.78 is 42.5. The van der Waals surface area contributed by atoms with E-state index in [1.165, 1.54) is 19.0 Å². The molecule has 1 aromatic carbocycles. The van der Waals surface area contributed by atoms with Gasteiger partial charge in [-0.05, 0) is 84.8 Å². The van der Waals surface area contributed by atoms with E-state index in [0.29, 0.717) is 31.7 Å². The van der Waals surface area contributed by atoms with Crippen LogP contribution in [-0.4, -0.2) is 95.3 Å². The number of imidazole rings is 1. The molecule has 0 radical (unpaired) electrons. The maximum atomic E-state index is 14.5. The zero-order valence-electron chi connectivity index (χ0n) is 31.6. The summed E-state index contributed by atoms with van der Waals surface area (Å²) in [5.41, 5.74) is 0.596. The van der Waals surface area contributed by atoms with E-state index in [9.17, 15) is 27.6 Å². The molecule has 3 aliphatic rings. The Labute approximate surface area is 306 Å². The van der Waals surface area contributed by atoms with Crippen LogP contribution in [-0.2, 0) is 29.3 Å². The molecule has 3 amide bonds. The van der Waals surface area contributed by atoms with Crippen molar-refractivity contribution in [3.8, 4) is 6.01 Å². The smallest absolute Gasteiger partial charge is 0.408 e. The molecule has 286 valence electrons. The van der Waals surface area contributed by atoms with Gasteiger partial charge in [-0.2, -0.15) is 17.7 Å². The van der Waals surface area contributed by atoms with Gasteiger partial charge in [0.15, 0.2) is 5.78 Å². The summed E-state index contributed by atoms with van der Waals surface area (Å²) in [6.07, 6.45) is 5.93. The Bertz CT molecular complexity index is 1830. The summed E-state index contributed by atoms with van der Waals surface area (Å²) >= 11 is 0. The number of fused-ring (bicyclic) bond motifs is 3. The third-order valence-electron chi connectivity index (χ3n) is 10.1. The van der Waals surface area contributed by atoms with Crippen LogP contribution in [0.5, 0.6) is 6.01 Å². The summed E-state index contributed by atoms with van der Waals surface area (Å²) in [5, 5.41) is 2.77. The second kappa shape index (κ2) is 15.2. The molecule has 5 atom stereocenters. The minimum absolute atomic E-state index is 0.00370. The van der Waals surface area contributed by atoms with E-state index >= 15 is 0 Å². The van der Waals surface area contributed by atoms with Crippen LogP contribution in [0.1, 0.15) is 97.6 Å². The summed E-state index contributed by atoms with van der Waals surface area (Å²) in [4.78, 5) is 61.9. The molecule has 0 unspecified atom stereocenters. The molecule has 2 N–H and O–H groups in total. The van der Waals surface area contributed by atoms with Crippen molar-refractivity contribution in [3.05, 3.63) is 35.9 Å². The molecule has 0 spiro atoms. The predicted octanol–water partition coefficient (Wildman–Crippen LogP) is 4.58. The molecule has 1 aromatic heterocycles. The van der Waals surface area contributed by atoms with E-state index in [1.807, 2.05) is 55.7 Å². The van der Waals surface area contributed by atoms with Crippen molar-refractivity contribution >= 4 is 44.9 Å². The van der Waals surface area contributed by atoms with Crippen LogP contribution in [0, 0.1) is 18.3 Å². The normalized spacial score (nSPS) is 26.7. The van der Waals surface area contributed by atoms with Gasteiger partial charge in [-0.1, -0.05) is 37.1 Å². The number of nitrogens with one attached hydrogen (secondary N) is 2. The number of ether oxygens (including phenoxy) is 2. The van der Waals surface area contributed by atoms with Gasteiger partial charge in [0.05, 0.1) is 29.0 Å². The Balaban J connectivity index is 1.50. The molecule has 3 heterocycles. The first-order valence-corrected chi connectivity index (χ1v) is 19.6. The number of hydrogen-bond donors (Lipinski definition) is 2. The quantitative estimate of drug-likeness (QED) is 0.386. The first-order chi connectivity index (χ1) is 24.3. The third kappa shape index (κ3) is 8.62. The van der Waals surface area contributed by atoms with Crippen molar-refractivity contribution in [2.24, 2.45) is 11.3 Å². The first kappa shape index (κ1) is 39.2. The molecule has 2 fully saturated rings. The number of aryl methyl sites for hydroxylation is 1. The molecular weight excluding hydrogens is 689 g/mol. The van der Waals surface area contributed by atoms with Gasteiger partial charge in [-0.3, -0.25) is 19.0 Å². The molecule has 15 heteroatoms. The maximum Gasteiger partial charge on any atom is 0.408 e. The number of carbonyl (C=O) groups excluding carboxylic acids is 4. The zero-order valence-corrected chi connectivity index (χ0v) is 32.4. The van der Waals surface area contributed by atoms with Crippen LogP contribution >= 0.6 is 0 Å². The lowest BCUT2D eigenvalue weighted by Gasteiger charge is -2.30. The van der Waals surface area contributed by atoms with Crippen LogP contribution in [0.3, 0.4) is 0 Å². The van der Waals surface area contributed by atoms with E-state index in [-0.39, 0.29) is 37.1 Å². The average molecular weight is 743 g/mol. The molecule has 0 bridgehead atoms. The Morgan fingerprint density at radius 1 is 1.12 bits per heavy atom. The molecule has 2 aliphatic heterocycles. The second-order valence-corrected chi connectivity index (χ2v) is 17.8. The molecule has 14 nitrogen and oxygen atoms in total. The van der Waals surface area contributed by atoms with Gasteiger partial charge in [0.2, 0.25) is 11.8 Å². The lowest BCUT2D eigenvalue weighted by Crippen LogP contribution is -2.53. The van der Waals surface area contributed by atoms with E-state index in [0.717, 1.165) is 33.7 Å². The standard InChI is InChI=1S/C37H54N6O8S/c1-23(2)43-28-18-14-15-24(3)31(28)39-34(43)50-26-19-29-30(44)21-37(33(46)40-52(48,49)41(7)8)20-25(37)16-12-10-9-11-13-17-27(32(45)42(29)22-26)38-35(47)51-36(4,5)6/h12,14-16,18,23,25-27,29H,9-11,13,17,19-22H2,1-8H3,(H,38,47)(H,40,46)/b16-12-/t25-,26+,27-,29-,37+/m0/s1. The number of rotatable bonds is 7. The molecular formula is C37H54N6O8S. The number of alkyl carbamates (subject to hydrolysis) is 1. The minimum Gasteiger partial charge on any atom is -0.459 e. The summed E-state index contributed by atoms with van der Waals surface area (Å²) in [6, 6.07) is 4.31. The SMILES string of the molecule is Cc1cccc2c1nc(O[C@@H]1C[C@H]3C(=O)C[C@]4(C(=O)NS(=O)(=O)N(C)C)C[C@@H]4/C=C\CCCCC[C@H](NC(=O)OC(C)(C)C)C(=O)N3C1)n2C(C)C. The van der Waals surface area contributed by atoms with Gasteiger partial charge >= 0.3 is 16.3 Å². The maximum absolute atomic E-state index is 14.5. The zero-order chi connectivity index (χ0) is 38.2. The van der Waals surface area contributed by atoms with Crippen molar-refractivity contribution < 1.29 is 37.1 Å². The average Bonchev–Trinajstić information content (AvgIpc) is 3.36. The number of nitrogens with zero attached hydrogens (tertiary/aromatic N) is 4. The summed E-state index contributed by atoms with van der Waals surface area (Å²) in [5.74, 6) is -1.92. The molecule has 52 heavy (non-hydrogen) atoms. The van der Waals surface area contributed by atoms with E-state index in [2.05, 4.69) is 10.0 Å². The number of ketones is 1. The van der Waals surface area contributed by atoms with Crippen LogP contribution in [0.2, 0.25) is 0 Å². The van der Waals surface area contributed by atoms with Gasteiger partial charge in [-0.25, -0.2) is 9.52 Å². The number of Topliss-reactive ketones (excluding diaryl/α,β-unsaturated/α-hetero) is 1. The Morgan fingerprint density at radius 3 is 2.52 bits per heavy atom. The molecule has 2 aromatic rings. The van der Waals surface area contributed by atoms with E-state index < -0.39 is 57.3 Å². The Morgan fingerprint density at radius 2 is 1.85 bits per heavy atom. The number of carbonyl (C=O) groups is 4. The van der Waals surface area contributed by atoms with Crippen molar-refractivity contribution in [1.82, 2.24) is 28.8 Å². The van der Waals surface area contributed by atoms with Crippen molar-refractivity contribution in [3.63, 3.8) is 0 Å². The highest BCUT2D eigenvalue weighted by Gasteiger charge is 2.61. The predicted molar refractivity (Wildman–Crippen MR) is 196 cm³/mol. The van der Waals surface area contributed by atoms with Gasteiger partial charge in [0.1, 0.15) is 17.7 Å². The Kier molecular flexibility index (Phi) is 11.4. The van der Waals surface area contributed by atoms with Gasteiger partial charge < -0.3 is 19.7 Å². The Hall–Kier alpha value is -3.98. The van der Waals surface area contributed by atoms with Crippen LogP contribution in [0.4, 0.5) is 4.79 Å². The largest absolute Gasteiger partial charge is 0.459 e. The van der Waals surface area contributed by atoms with Crippen LogP contribution in [0.25, 0.3) is 11.0 Å². The first-order valence-electron chi connectivity index (χ1n) is 18.2. The molecule has 1 saturated carbocycles. The highest BCUT2D eigenvalue weighted by atomic mass is 32.2. The lowest BCUT2D eigenvalue weighted by atomic mass is 9.91. The number of aromatic nitrogens is 2. The van der Waals surface area contributed by atoms with Crippen molar-refractivity contribution in [2.45, 2.75) is 123 Å². The number of amides is 3. The van der Waals surface area contributed by atoms with Crippen LogP contribution < -0.4 is 14.8 Å². The second-order valence-electron chi connectivity index (χ2n) is 15.9. The number of allylic oxidation sites excluding steroid dienone is 2. The molecule has 1 aliphatic carbocycles. The lowest BCUT2D eigenvalue weighted by molar-refractivity contribution is -0.140. The summed E-state index contributed by atoms with van der Waals surface area (Å²) in [6.45, 7) is 11.3. The van der Waals surface area contributed by atoms with Crippen molar-refractivity contribution in [2.75, 3.05) is 20.6 Å². The third-order valence-corrected chi connectivity index (χ3v) is 11.5. The van der Waals surface area contributed by atoms with Gasteiger partial charge in [0, 0.05) is 33.0 Å². The molecule has 5 rings (SSSR count). The summed E-state index contributed by atoms with van der Waals surface area (Å²) in [7, 11) is -1.48. The molecule has 1 saturated heterocycles. The number of hydrogen-bond acceptors (Lipinski definition) is 9. The highest BCUT2D eigenvalue weighted by Crippen LogP contribution is 2.57. The highest BCUT2D eigenvalue weighted by molar-refractivity contribution is 7.87.